The minimum absolute atomic E-state index is 0.0174. The highest BCUT2D eigenvalue weighted by molar-refractivity contribution is 7.89. The Morgan fingerprint density at radius 2 is 1.84 bits per heavy atom. The highest BCUT2D eigenvalue weighted by atomic mass is 35.5. The molecule has 2 rings (SSSR count). The maximum absolute atomic E-state index is 12.1. The van der Waals surface area contributed by atoms with Gasteiger partial charge in [-0.25, -0.2) is 13.1 Å². The molecule has 1 heterocycles. The van der Waals surface area contributed by atoms with Gasteiger partial charge in [-0.1, -0.05) is 53.0 Å². The van der Waals surface area contributed by atoms with Crippen LogP contribution in [-0.2, 0) is 16.6 Å². The quantitative estimate of drug-likeness (QED) is 0.893. The third-order valence-corrected chi connectivity index (χ3v) is 5.85. The van der Waals surface area contributed by atoms with Crippen molar-refractivity contribution in [1.29, 1.82) is 0 Å². The van der Waals surface area contributed by atoms with Gasteiger partial charge in [-0.05, 0) is 17.7 Å². The third-order valence-electron chi connectivity index (χ3n) is 2.33. The highest BCUT2D eigenvalue weighted by Gasteiger charge is 2.20. The molecule has 2 aromatic rings. The topological polar surface area (TPSA) is 46.2 Å². The molecule has 1 aromatic carbocycles. The SMILES string of the molecule is O=S(=O)(NCc1ccccc1Cl)c1cc(Cl)sc1Cl. The first-order valence-electron chi connectivity index (χ1n) is 5.08. The van der Waals surface area contributed by atoms with Crippen molar-refractivity contribution in [3.63, 3.8) is 0 Å². The number of benzene rings is 1. The van der Waals surface area contributed by atoms with E-state index in [1.807, 2.05) is 0 Å². The van der Waals surface area contributed by atoms with Crippen LogP contribution in [0.2, 0.25) is 13.7 Å². The summed E-state index contributed by atoms with van der Waals surface area (Å²) in [6, 6.07) is 8.32. The summed E-state index contributed by atoms with van der Waals surface area (Å²) in [7, 11) is -3.70. The molecule has 0 amide bonds. The van der Waals surface area contributed by atoms with Crippen molar-refractivity contribution in [3.05, 3.63) is 49.6 Å². The number of hydrogen-bond acceptors (Lipinski definition) is 3. The summed E-state index contributed by atoms with van der Waals surface area (Å²) in [4.78, 5) is -0.0174. The molecule has 0 atom stereocenters. The van der Waals surface area contributed by atoms with Crippen molar-refractivity contribution in [2.24, 2.45) is 0 Å². The minimum atomic E-state index is -3.70. The molecule has 0 unspecified atom stereocenters. The first kappa shape index (κ1) is 15.1. The lowest BCUT2D eigenvalue weighted by molar-refractivity contribution is 0.582. The van der Waals surface area contributed by atoms with Crippen LogP contribution in [0.4, 0.5) is 0 Å². The van der Waals surface area contributed by atoms with E-state index in [0.717, 1.165) is 11.3 Å². The minimum Gasteiger partial charge on any atom is -0.207 e. The summed E-state index contributed by atoms with van der Waals surface area (Å²) >= 11 is 18.5. The summed E-state index contributed by atoms with van der Waals surface area (Å²) in [6.07, 6.45) is 0. The number of thiophene rings is 1. The van der Waals surface area contributed by atoms with E-state index in [4.69, 9.17) is 34.8 Å². The monoisotopic (exact) mass is 355 g/mol. The number of rotatable bonds is 4. The molecule has 102 valence electrons. The zero-order valence-electron chi connectivity index (χ0n) is 9.36. The van der Waals surface area contributed by atoms with Crippen LogP contribution in [-0.4, -0.2) is 8.42 Å². The maximum Gasteiger partial charge on any atom is 0.243 e. The van der Waals surface area contributed by atoms with E-state index >= 15 is 0 Å². The fourth-order valence-electron chi connectivity index (χ4n) is 1.40. The van der Waals surface area contributed by atoms with Gasteiger partial charge in [0.05, 0.1) is 4.34 Å². The first-order chi connectivity index (χ1) is 8.90. The highest BCUT2D eigenvalue weighted by Crippen LogP contribution is 2.34. The molecule has 0 saturated carbocycles. The van der Waals surface area contributed by atoms with Gasteiger partial charge in [-0.3, -0.25) is 0 Å². The van der Waals surface area contributed by atoms with E-state index < -0.39 is 10.0 Å². The average molecular weight is 357 g/mol. The van der Waals surface area contributed by atoms with Gasteiger partial charge in [-0.15, -0.1) is 11.3 Å². The summed E-state index contributed by atoms with van der Waals surface area (Å²) in [5.74, 6) is 0. The van der Waals surface area contributed by atoms with Crippen LogP contribution in [0.1, 0.15) is 5.56 Å². The smallest absolute Gasteiger partial charge is 0.207 e. The van der Waals surface area contributed by atoms with E-state index in [0.29, 0.717) is 14.9 Å². The lowest BCUT2D eigenvalue weighted by atomic mass is 10.2. The third kappa shape index (κ3) is 3.62. The van der Waals surface area contributed by atoms with Gasteiger partial charge in [-0.2, -0.15) is 0 Å². The van der Waals surface area contributed by atoms with E-state index in [-0.39, 0.29) is 15.8 Å². The molecule has 0 saturated heterocycles. The Bertz CT molecular complexity index is 698. The van der Waals surface area contributed by atoms with Crippen molar-refractivity contribution in [1.82, 2.24) is 4.72 Å². The Balaban J connectivity index is 2.19. The molecule has 0 bridgehead atoms. The molecule has 0 aliphatic heterocycles. The standard InChI is InChI=1S/C11H8Cl3NO2S2/c12-8-4-2-1-3-7(8)6-15-19(16,17)9-5-10(13)18-11(9)14/h1-5,15H,6H2. The Morgan fingerprint density at radius 3 is 2.42 bits per heavy atom. The lowest BCUT2D eigenvalue weighted by Crippen LogP contribution is -2.23. The molecule has 0 aliphatic rings. The Labute approximate surface area is 130 Å². The van der Waals surface area contributed by atoms with Crippen LogP contribution >= 0.6 is 46.1 Å². The molecule has 8 heteroatoms. The predicted molar refractivity (Wildman–Crippen MR) is 79.8 cm³/mol. The predicted octanol–water partition coefficient (Wildman–Crippen LogP) is 4.19. The molecule has 0 radical (unpaired) electrons. The zero-order valence-corrected chi connectivity index (χ0v) is 13.3. The van der Waals surface area contributed by atoms with Crippen molar-refractivity contribution >= 4 is 56.2 Å². The van der Waals surface area contributed by atoms with Gasteiger partial charge in [0.15, 0.2) is 0 Å². The van der Waals surface area contributed by atoms with Crippen molar-refractivity contribution < 1.29 is 8.42 Å². The van der Waals surface area contributed by atoms with Gasteiger partial charge >= 0.3 is 0 Å². The van der Waals surface area contributed by atoms with Gasteiger partial charge in [0.25, 0.3) is 0 Å². The van der Waals surface area contributed by atoms with Gasteiger partial charge in [0.1, 0.15) is 9.23 Å². The number of hydrogen-bond donors (Lipinski definition) is 1. The molecular formula is C11H8Cl3NO2S2. The molecule has 0 fully saturated rings. The molecule has 1 aromatic heterocycles. The van der Waals surface area contributed by atoms with Gasteiger partial charge in [0.2, 0.25) is 10.0 Å². The lowest BCUT2D eigenvalue weighted by Gasteiger charge is -2.07. The molecular weight excluding hydrogens is 349 g/mol. The second kappa shape index (κ2) is 5.99. The largest absolute Gasteiger partial charge is 0.243 e. The summed E-state index contributed by atoms with van der Waals surface area (Å²) in [6.45, 7) is 0.0891. The fourth-order valence-corrected chi connectivity index (χ4v) is 4.76. The number of halogens is 3. The number of sulfonamides is 1. The number of nitrogens with one attached hydrogen (secondary N) is 1. The average Bonchev–Trinajstić information content (AvgIpc) is 2.68. The maximum atomic E-state index is 12.1. The van der Waals surface area contributed by atoms with Crippen LogP contribution in [0, 0.1) is 0 Å². The first-order valence-corrected chi connectivity index (χ1v) is 8.51. The van der Waals surface area contributed by atoms with Crippen molar-refractivity contribution in [3.8, 4) is 0 Å². The van der Waals surface area contributed by atoms with Crippen LogP contribution in [0.5, 0.6) is 0 Å². The van der Waals surface area contributed by atoms with Crippen molar-refractivity contribution in [2.75, 3.05) is 0 Å². The Kier molecular flexibility index (Phi) is 4.76. The second-order valence-electron chi connectivity index (χ2n) is 3.60. The summed E-state index contributed by atoms with van der Waals surface area (Å²) < 4.78 is 27.0. The normalized spacial score (nSPS) is 11.7. The van der Waals surface area contributed by atoms with Gasteiger partial charge < -0.3 is 0 Å². The fraction of sp³-hybridized carbons (Fsp3) is 0.0909. The molecule has 0 spiro atoms. The van der Waals surface area contributed by atoms with E-state index in [9.17, 15) is 8.42 Å². The second-order valence-corrected chi connectivity index (χ2v) is 8.03. The van der Waals surface area contributed by atoms with E-state index in [1.165, 1.54) is 6.07 Å². The van der Waals surface area contributed by atoms with Crippen LogP contribution in [0.15, 0.2) is 35.2 Å². The molecule has 19 heavy (non-hydrogen) atoms. The summed E-state index contributed by atoms with van der Waals surface area (Å²) in [5.41, 5.74) is 0.685. The van der Waals surface area contributed by atoms with E-state index in [1.54, 1.807) is 24.3 Å². The van der Waals surface area contributed by atoms with E-state index in [2.05, 4.69) is 4.72 Å². The summed E-state index contributed by atoms with van der Waals surface area (Å²) in [5, 5.41) is 0.500. The Hall–Kier alpha value is -0.300. The van der Waals surface area contributed by atoms with Gasteiger partial charge in [0, 0.05) is 11.6 Å². The van der Waals surface area contributed by atoms with Crippen molar-refractivity contribution in [2.45, 2.75) is 11.4 Å². The molecule has 3 nitrogen and oxygen atoms in total. The zero-order chi connectivity index (χ0) is 14.0. The van der Waals surface area contributed by atoms with Crippen LogP contribution < -0.4 is 4.72 Å². The van der Waals surface area contributed by atoms with Crippen LogP contribution in [0.25, 0.3) is 0 Å². The molecule has 1 N–H and O–H groups in total. The Morgan fingerprint density at radius 1 is 1.16 bits per heavy atom. The van der Waals surface area contributed by atoms with Crippen LogP contribution in [0.3, 0.4) is 0 Å². The molecule has 0 aliphatic carbocycles.